The SMILES string of the molecule is CC1(C)[C@@H]2CCC13CS(=O)(=O)N(Cc1ccn(-c4ccccc4)n1)[C@H]3C2. The van der Waals surface area contributed by atoms with Crippen LogP contribution in [0.25, 0.3) is 5.69 Å². The lowest BCUT2D eigenvalue weighted by molar-refractivity contribution is 0.111. The van der Waals surface area contributed by atoms with Crippen molar-refractivity contribution >= 4 is 10.0 Å². The van der Waals surface area contributed by atoms with Crippen molar-refractivity contribution in [1.82, 2.24) is 14.1 Å². The van der Waals surface area contributed by atoms with E-state index < -0.39 is 10.0 Å². The lowest BCUT2D eigenvalue weighted by Crippen LogP contribution is -2.41. The van der Waals surface area contributed by atoms with E-state index in [1.54, 1.807) is 4.31 Å². The van der Waals surface area contributed by atoms with E-state index in [1.165, 1.54) is 6.42 Å². The van der Waals surface area contributed by atoms with Crippen LogP contribution in [-0.2, 0) is 16.6 Å². The lowest BCUT2D eigenvalue weighted by Gasteiger charge is -2.37. The van der Waals surface area contributed by atoms with Gasteiger partial charge < -0.3 is 0 Å². The van der Waals surface area contributed by atoms with Gasteiger partial charge in [0.2, 0.25) is 10.0 Å². The molecule has 1 saturated heterocycles. The summed E-state index contributed by atoms with van der Waals surface area (Å²) in [5, 5.41) is 4.63. The number of rotatable bonds is 3. The van der Waals surface area contributed by atoms with Gasteiger partial charge in [0.15, 0.2) is 0 Å². The van der Waals surface area contributed by atoms with E-state index in [0.717, 1.165) is 24.2 Å². The van der Waals surface area contributed by atoms with Gasteiger partial charge in [0.25, 0.3) is 0 Å². The van der Waals surface area contributed by atoms with Gasteiger partial charge in [0, 0.05) is 17.7 Å². The van der Waals surface area contributed by atoms with Gasteiger partial charge in [-0.1, -0.05) is 32.0 Å². The van der Waals surface area contributed by atoms with Crippen molar-refractivity contribution in [2.45, 2.75) is 45.7 Å². The summed E-state index contributed by atoms with van der Waals surface area (Å²) < 4.78 is 29.6. The predicted octanol–water partition coefficient (Wildman–Crippen LogP) is 3.21. The van der Waals surface area contributed by atoms with E-state index in [0.29, 0.717) is 18.2 Å². The summed E-state index contributed by atoms with van der Waals surface area (Å²) in [6, 6.07) is 12.0. The number of benzene rings is 1. The highest BCUT2D eigenvalue weighted by molar-refractivity contribution is 7.89. The molecule has 0 amide bonds. The molecule has 3 fully saturated rings. The second-order valence-electron chi connectivity index (χ2n) is 8.75. The minimum atomic E-state index is -3.23. The lowest BCUT2D eigenvalue weighted by atomic mass is 9.69. The van der Waals surface area contributed by atoms with Crippen LogP contribution >= 0.6 is 0 Å². The maximum atomic E-state index is 13.0. The van der Waals surface area contributed by atoms with E-state index in [4.69, 9.17) is 0 Å². The highest BCUT2D eigenvalue weighted by Gasteiger charge is 2.71. The van der Waals surface area contributed by atoms with Crippen molar-refractivity contribution in [2.24, 2.45) is 16.7 Å². The van der Waals surface area contributed by atoms with Gasteiger partial charge in [-0.3, -0.25) is 0 Å². The van der Waals surface area contributed by atoms with Crippen LogP contribution in [0.2, 0.25) is 0 Å². The third kappa shape index (κ3) is 2.06. The van der Waals surface area contributed by atoms with Crippen LogP contribution in [0, 0.1) is 16.7 Å². The van der Waals surface area contributed by atoms with Crippen LogP contribution in [0.4, 0.5) is 0 Å². The summed E-state index contributed by atoms with van der Waals surface area (Å²) in [6.07, 6.45) is 5.14. The topological polar surface area (TPSA) is 55.2 Å². The minimum absolute atomic E-state index is 0.0709. The molecule has 2 heterocycles. The standard InChI is InChI=1S/C20H25N3O2S/c1-19(2)15-8-10-20(19)14-26(24,25)23(18(20)12-15)13-16-9-11-22(21-16)17-6-4-3-5-7-17/h3-7,9,11,15,18H,8,10,12-14H2,1-2H3/t15-,18+,20?/m1/s1. The monoisotopic (exact) mass is 371 g/mol. The van der Waals surface area contributed by atoms with Gasteiger partial charge in [-0.05, 0) is 48.8 Å². The largest absolute Gasteiger partial charge is 0.241 e. The fourth-order valence-electron chi connectivity index (χ4n) is 5.91. The fourth-order valence-corrected chi connectivity index (χ4v) is 8.44. The highest BCUT2D eigenvalue weighted by atomic mass is 32.2. The maximum Gasteiger partial charge on any atom is 0.215 e. The van der Waals surface area contributed by atoms with Crippen molar-refractivity contribution < 1.29 is 8.42 Å². The van der Waals surface area contributed by atoms with Crippen molar-refractivity contribution in [3.8, 4) is 5.69 Å². The Morgan fingerprint density at radius 2 is 1.96 bits per heavy atom. The zero-order chi connectivity index (χ0) is 18.2. The van der Waals surface area contributed by atoms with Gasteiger partial charge >= 0.3 is 0 Å². The third-order valence-electron chi connectivity index (χ3n) is 7.52. The smallest absolute Gasteiger partial charge is 0.215 e. The number of nitrogens with zero attached hydrogens (tertiary/aromatic N) is 3. The van der Waals surface area contributed by atoms with Crippen LogP contribution in [0.15, 0.2) is 42.6 Å². The van der Waals surface area contributed by atoms with Gasteiger partial charge in [0.05, 0.1) is 23.7 Å². The quantitative estimate of drug-likeness (QED) is 0.832. The van der Waals surface area contributed by atoms with Crippen molar-refractivity contribution in [3.63, 3.8) is 0 Å². The van der Waals surface area contributed by atoms with Gasteiger partial charge in [-0.2, -0.15) is 9.40 Å². The molecule has 1 spiro atoms. The Balaban J connectivity index is 1.46. The molecule has 26 heavy (non-hydrogen) atoms. The molecule has 3 aliphatic rings. The Hall–Kier alpha value is -1.66. The van der Waals surface area contributed by atoms with Gasteiger partial charge in [-0.15, -0.1) is 0 Å². The maximum absolute atomic E-state index is 13.0. The van der Waals surface area contributed by atoms with Crippen LogP contribution in [0.1, 0.15) is 38.8 Å². The second-order valence-corrected chi connectivity index (χ2v) is 10.7. The minimum Gasteiger partial charge on any atom is -0.241 e. The van der Waals surface area contributed by atoms with Crippen LogP contribution < -0.4 is 0 Å². The Labute approximate surface area is 155 Å². The molecule has 5 rings (SSSR count). The number of aromatic nitrogens is 2. The number of sulfonamides is 1. The molecule has 1 aliphatic heterocycles. The van der Waals surface area contributed by atoms with Gasteiger partial charge in [-0.25, -0.2) is 13.1 Å². The normalized spacial score (nSPS) is 34.2. The number of hydrogen-bond acceptors (Lipinski definition) is 3. The summed E-state index contributed by atoms with van der Waals surface area (Å²) in [6.45, 7) is 4.96. The Morgan fingerprint density at radius 3 is 2.69 bits per heavy atom. The molecule has 2 aliphatic carbocycles. The zero-order valence-corrected chi connectivity index (χ0v) is 16.1. The predicted molar refractivity (Wildman–Crippen MR) is 100 cm³/mol. The van der Waals surface area contributed by atoms with Crippen molar-refractivity contribution in [1.29, 1.82) is 0 Å². The van der Waals surface area contributed by atoms with E-state index in [1.807, 2.05) is 47.3 Å². The Morgan fingerprint density at radius 1 is 1.19 bits per heavy atom. The van der Waals surface area contributed by atoms with E-state index in [2.05, 4.69) is 18.9 Å². The molecule has 2 aromatic rings. The molecule has 1 aromatic carbocycles. The molecule has 1 unspecified atom stereocenters. The average molecular weight is 372 g/mol. The summed E-state index contributed by atoms with van der Waals surface area (Å²) in [7, 11) is -3.23. The van der Waals surface area contributed by atoms with Crippen molar-refractivity contribution in [3.05, 3.63) is 48.3 Å². The average Bonchev–Trinajstić information content (AvgIpc) is 3.28. The molecule has 138 valence electrons. The van der Waals surface area contributed by atoms with E-state index >= 15 is 0 Å². The summed E-state index contributed by atoms with van der Waals surface area (Å²) in [4.78, 5) is 0. The summed E-state index contributed by atoms with van der Waals surface area (Å²) in [5.41, 5.74) is 1.84. The molecule has 2 saturated carbocycles. The number of para-hydroxylation sites is 1. The molecule has 5 nitrogen and oxygen atoms in total. The Bertz CT molecular complexity index is 950. The molecule has 6 heteroatoms. The van der Waals surface area contributed by atoms with E-state index in [9.17, 15) is 8.42 Å². The van der Waals surface area contributed by atoms with Crippen LogP contribution in [0.5, 0.6) is 0 Å². The first kappa shape index (κ1) is 16.5. The third-order valence-corrected chi connectivity index (χ3v) is 9.49. The number of hydrogen-bond donors (Lipinski definition) is 0. The first-order chi connectivity index (χ1) is 12.3. The summed E-state index contributed by atoms with van der Waals surface area (Å²) >= 11 is 0. The molecule has 3 atom stereocenters. The molecular weight excluding hydrogens is 346 g/mol. The van der Waals surface area contributed by atoms with Crippen LogP contribution in [0.3, 0.4) is 0 Å². The first-order valence-electron chi connectivity index (χ1n) is 9.43. The van der Waals surface area contributed by atoms with E-state index in [-0.39, 0.29) is 16.9 Å². The molecule has 1 aromatic heterocycles. The summed E-state index contributed by atoms with van der Waals surface area (Å²) in [5.74, 6) is 0.959. The molecular formula is C20H25N3O2S. The molecule has 0 N–H and O–H groups in total. The fraction of sp³-hybridized carbons (Fsp3) is 0.550. The highest BCUT2D eigenvalue weighted by Crippen LogP contribution is 2.70. The first-order valence-corrected chi connectivity index (χ1v) is 11.0. The molecule has 2 bridgehead atoms. The van der Waals surface area contributed by atoms with Crippen LogP contribution in [-0.4, -0.2) is 34.3 Å². The Kier molecular flexibility index (Phi) is 3.30. The second kappa shape index (κ2) is 5.20. The van der Waals surface area contributed by atoms with Crippen molar-refractivity contribution in [2.75, 3.05) is 5.75 Å². The number of fused-ring (bicyclic) bond motifs is 1. The molecule has 0 radical (unpaired) electrons. The van der Waals surface area contributed by atoms with Gasteiger partial charge in [0.1, 0.15) is 0 Å². The zero-order valence-electron chi connectivity index (χ0n) is 15.3.